The first kappa shape index (κ1) is 34.6. The molecule has 3 amide bonds. The molecular formula is C40H43N3O8. The molecule has 0 unspecified atom stereocenters. The van der Waals surface area contributed by atoms with Crippen molar-refractivity contribution in [3.8, 4) is 0 Å². The van der Waals surface area contributed by atoms with Gasteiger partial charge in [0.2, 0.25) is 11.8 Å². The molecule has 1 spiro atoms. The molecule has 0 aromatic heterocycles. The summed E-state index contributed by atoms with van der Waals surface area (Å²) in [4.78, 5) is 60.6. The van der Waals surface area contributed by atoms with Crippen molar-refractivity contribution >= 4 is 40.2 Å². The molecule has 3 aromatic carbocycles. The fourth-order valence-electron chi connectivity index (χ4n) is 8.18. The lowest BCUT2D eigenvalue weighted by Crippen LogP contribution is -2.58. The highest BCUT2D eigenvalue weighted by molar-refractivity contribution is 6.06. The van der Waals surface area contributed by atoms with E-state index in [1.807, 2.05) is 91.9 Å². The van der Waals surface area contributed by atoms with E-state index in [-0.39, 0.29) is 32.1 Å². The Hall–Kier alpha value is -4.84. The number of ether oxygens (including phenoxy) is 3. The largest absolute Gasteiger partial charge is 0.455 e. The highest BCUT2D eigenvalue weighted by Gasteiger charge is 2.74. The highest BCUT2D eigenvalue weighted by Crippen LogP contribution is 2.56. The van der Waals surface area contributed by atoms with Crippen molar-refractivity contribution in [1.82, 2.24) is 10.2 Å². The summed E-state index contributed by atoms with van der Waals surface area (Å²) in [5.74, 6) is -3.94. The van der Waals surface area contributed by atoms with E-state index in [4.69, 9.17) is 14.2 Å². The maximum atomic E-state index is 15.1. The maximum absolute atomic E-state index is 15.1. The van der Waals surface area contributed by atoms with E-state index in [1.165, 1.54) is 12.0 Å². The average molecular weight is 694 g/mol. The number of esters is 1. The molecule has 2 fully saturated rings. The number of likely N-dealkylation sites (tertiary alicyclic amines) is 1. The predicted molar refractivity (Wildman–Crippen MR) is 189 cm³/mol. The van der Waals surface area contributed by atoms with Gasteiger partial charge >= 0.3 is 5.97 Å². The molecule has 7 rings (SSSR count). The number of amides is 3. The van der Waals surface area contributed by atoms with Gasteiger partial charge in [-0.2, -0.15) is 0 Å². The zero-order valence-corrected chi connectivity index (χ0v) is 28.7. The van der Waals surface area contributed by atoms with Crippen molar-refractivity contribution in [3.05, 3.63) is 103 Å². The molecule has 4 aliphatic heterocycles. The molecule has 0 saturated carbocycles. The van der Waals surface area contributed by atoms with Crippen LogP contribution >= 0.6 is 0 Å². The molecule has 4 heterocycles. The van der Waals surface area contributed by atoms with Crippen LogP contribution in [0.3, 0.4) is 0 Å². The van der Waals surface area contributed by atoms with E-state index in [9.17, 15) is 19.5 Å². The number of anilines is 1. The van der Waals surface area contributed by atoms with E-state index >= 15 is 4.79 Å². The number of fused-ring (bicyclic) bond motifs is 3. The smallest absolute Gasteiger partial charge is 0.313 e. The fraction of sp³-hybridized carbons (Fsp3) is 0.400. The number of methoxy groups -OCH3 is 1. The summed E-state index contributed by atoms with van der Waals surface area (Å²) in [5, 5.41) is 15.5. The minimum absolute atomic E-state index is 0.0605. The van der Waals surface area contributed by atoms with Gasteiger partial charge in [0.1, 0.15) is 23.7 Å². The third-order valence-electron chi connectivity index (χ3n) is 10.6. The Morgan fingerprint density at radius 2 is 1.75 bits per heavy atom. The van der Waals surface area contributed by atoms with Gasteiger partial charge in [0, 0.05) is 25.8 Å². The summed E-state index contributed by atoms with van der Waals surface area (Å²) in [6.07, 6.45) is 6.34. The summed E-state index contributed by atoms with van der Waals surface area (Å²) in [6.45, 7) is 1.68. The first-order valence-corrected chi connectivity index (χ1v) is 17.6. The molecule has 51 heavy (non-hydrogen) atoms. The molecule has 0 radical (unpaired) electrons. The number of nitrogens with zero attached hydrogens (tertiary/aromatic N) is 2. The maximum Gasteiger partial charge on any atom is 0.313 e. The number of rotatable bonds is 7. The average Bonchev–Trinajstić information content (AvgIpc) is 3.79. The number of aliphatic hydroxyl groups is 1. The van der Waals surface area contributed by atoms with Crippen LogP contribution in [0.15, 0.2) is 97.1 Å². The first-order valence-electron chi connectivity index (χ1n) is 17.6. The quantitative estimate of drug-likeness (QED) is 0.282. The van der Waals surface area contributed by atoms with Crippen LogP contribution in [0.2, 0.25) is 0 Å². The number of benzene rings is 3. The van der Waals surface area contributed by atoms with Crippen molar-refractivity contribution in [2.75, 3.05) is 31.8 Å². The topological polar surface area (TPSA) is 135 Å². The zero-order chi connectivity index (χ0) is 35.7. The Kier molecular flexibility index (Phi) is 9.78. The van der Waals surface area contributed by atoms with Gasteiger partial charge < -0.3 is 34.4 Å². The zero-order valence-electron chi connectivity index (χ0n) is 28.7. The molecule has 3 aromatic rings. The highest BCUT2D eigenvalue weighted by atomic mass is 16.6. The van der Waals surface area contributed by atoms with Gasteiger partial charge in [-0.1, -0.05) is 91.9 Å². The van der Waals surface area contributed by atoms with E-state index in [0.717, 1.165) is 10.8 Å². The number of nitrogens with one attached hydrogen (secondary N) is 1. The second-order valence-electron chi connectivity index (χ2n) is 13.6. The molecule has 266 valence electrons. The monoisotopic (exact) mass is 693 g/mol. The van der Waals surface area contributed by atoms with Crippen LogP contribution in [0.1, 0.15) is 37.9 Å². The molecule has 2 saturated heterocycles. The van der Waals surface area contributed by atoms with Gasteiger partial charge in [0.25, 0.3) is 5.91 Å². The molecule has 8 atom stereocenters. The normalized spacial score (nSPS) is 30.7. The Morgan fingerprint density at radius 1 is 0.980 bits per heavy atom. The summed E-state index contributed by atoms with van der Waals surface area (Å²) < 4.78 is 18.4. The van der Waals surface area contributed by atoms with Crippen LogP contribution in [-0.4, -0.2) is 90.4 Å². The summed E-state index contributed by atoms with van der Waals surface area (Å²) >= 11 is 0. The van der Waals surface area contributed by atoms with Crippen LogP contribution < -0.4 is 10.2 Å². The molecule has 0 aliphatic carbocycles. The number of allylic oxidation sites excluding steroid dienone is 1. The van der Waals surface area contributed by atoms with E-state index in [2.05, 4.69) is 5.32 Å². The van der Waals surface area contributed by atoms with Gasteiger partial charge in [-0.15, -0.1) is 0 Å². The standard InChI is InChI=1S/C40H43N3O8/c1-3-28(23-44)43-36-38(47)42(29-18-17-25-12-9-10-15-27(25)22-29)21-11-5-8-16-32(45)41-30(24-49-2)35(26-13-6-4-7-14-26)50-39(48)33-31-19-20-40(36,51-31)34(33)37(43)46/h4-7,9-15,17-20,22,28,30-31,33-36,44H,3,8,16,21,23-24H2,1-2H3,(H,41,45)/b11-5-/t28-,30+,31-,33+,34+,35+,36-,40+/m0/s1. The molecular weight excluding hydrogens is 650 g/mol. The fourth-order valence-corrected chi connectivity index (χ4v) is 8.18. The van der Waals surface area contributed by atoms with Crippen molar-refractivity contribution in [2.45, 2.75) is 62.1 Å². The number of hydrogen-bond donors (Lipinski definition) is 2. The number of aliphatic hydroxyl groups excluding tert-OH is 1. The van der Waals surface area contributed by atoms with Crippen molar-refractivity contribution < 1.29 is 38.5 Å². The lowest BCUT2D eigenvalue weighted by molar-refractivity contribution is -0.162. The third-order valence-corrected chi connectivity index (χ3v) is 10.6. The molecule has 11 nitrogen and oxygen atoms in total. The van der Waals surface area contributed by atoms with Crippen LogP contribution in [-0.2, 0) is 33.4 Å². The number of carbonyl (C=O) groups excluding carboxylic acids is 4. The lowest BCUT2D eigenvalue weighted by atomic mass is 9.74. The van der Waals surface area contributed by atoms with Gasteiger partial charge in [0.15, 0.2) is 0 Å². The van der Waals surface area contributed by atoms with Crippen molar-refractivity contribution in [2.24, 2.45) is 11.8 Å². The second-order valence-corrected chi connectivity index (χ2v) is 13.6. The van der Waals surface area contributed by atoms with Gasteiger partial charge in [-0.3, -0.25) is 19.2 Å². The number of hydrogen-bond acceptors (Lipinski definition) is 8. The Morgan fingerprint density at radius 3 is 2.49 bits per heavy atom. The molecule has 4 aliphatic rings. The minimum atomic E-state index is -1.47. The lowest BCUT2D eigenvalue weighted by Gasteiger charge is -2.38. The molecule has 2 N–H and O–H groups in total. The van der Waals surface area contributed by atoms with Crippen LogP contribution in [0.5, 0.6) is 0 Å². The van der Waals surface area contributed by atoms with E-state index in [0.29, 0.717) is 24.1 Å². The van der Waals surface area contributed by atoms with E-state index < -0.39 is 65.6 Å². The molecule has 11 heteroatoms. The number of carbonyl (C=O) groups is 4. The molecule has 5 bridgehead atoms. The van der Waals surface area contributed by atoms with Crippen LogP contribution in [0, 0.1) is 11.8 Å². The van der Waals surface area contributed by atoms with E-state index in [1.54, 1.807) is 17.1 Å². The second kappa shape index (κ2) is 14.4. The van der Waals surface area contributed by atoms with Gasteiger partial charge in [-0.25, -0.2) is 0 Å². The summed E-state index contributed by atoms with van der Waals surface area (Å²) in [6, 6.07) is 20.1. The third kappa shape index (κ3) is 6.13. The Bertz CT molecular complexity index is 1860. The van der Waals surface area contributed by atoms with Gasteiger partial charge in [-0.05, 0) is 41.3 Å². The van der Waals surface area contributed by atoms with Crippen LogP contribution in [0.25, 0.3) is 10.8 Å². The Labute approximate surface area is 296 Å². The minimum Gasteiger partial charge on any atom is -0.455 e. The van der Waals surface area contributed by atoms with Crippen molar-refractivity contribution in [3.63, 3.8) is 0 Å². The van der Waals surface area contributed by atoms with Crippen molar-refractivity contribution in [1.29, 1.82) is 0 Å². The summed E-state index contributed by atoms with van der Waals surface area (Å²) in [7, 11) is 1.51. The first-order chi connectivity index (χ1) is 24.8. The summed E-state index contributed by atoms with van der Waals surface area (Å²) in [5.41, 5.74) is -0.214. The number of cyclic esters (lactones) is 1. The van der Waals surface area contributed by atoms with Gasteiger partial charge in [0.05, 0.1) is 37.3 Å². The Balaban J connectivity index is 1.35. The SMILES string of the molecule is CC[C@@H](CO)N1C(=O)[C@H]2[C@@H]3C(=O)O[C@H](c4ccccc4)[C@@H](COC)NC(=O)CC/C=C\CN(c4ccc5ccccc5c4)C(=O)[C@H]1[C@@]21C=C[C@@H]3O1. The van der Waals surface area contributed by atoms with Crippen LogP contribution in [0.4, 0.5) is 5.69 Å². The predicted octanol–water partition coefficient (Wildman–Crippen LogP) is 3.86.